The van der Waals surface area contributed by atoms with Crippen molar-refractivity contribution in [2.75, 3.05) is 6.26 Å². The van der Waals surface area contributed by atoms with Gasteiger partial charge in [0.2, 0.25) is 0 Å². The first-order valence-electron chi connectivity index (χ1n) is 6.19. The molecule has 5 N–H and O–H groups in total. The Labute approximate surface area is 136 Å². The molecule has 0 aromatic rings. The monoisotopic (exact) mass is 363 g/mol. The zero-order valence-electron chi connectivity index (χ0n) is 11.4. The zero-order valence-corrected chi connectivity index (χ0v) is 13.7. The van der Waals surface area contributed by atoms with Gasteiger partial charge in [-0.3, -0.25) is 4.79 Å². The number of hydrogen-bond acceptors (Lipinski definition) is 7. The Hall–Kier alpha value is 0.200. The predicted molar refractivity (Wildman–Crippen MR) is 79.3 cm³/mol. The van der Waals surface area contributed by atoms with Crippen LogP contribution in [0, 0.1) is 0 Å². The summed E-state index contributed by atoms with van der Waals surface area (Å²) in [5.74, 6) is -0.763. The van der Waals surface area contributed by atoms with Gasteiger partial charge in [-0.15, -0.1) is 11.8 Å². The number of alkyl halides is 2. The zero-order chi connectivity index (χ0) is 16.3. The maximum Gasteiger partial charge on any atom is 0.253 e. The van der Waals surface area contributed by atoms with Crippen molar-refractivity contribution in [2.24, 2.45) is 0 Å². The Morgan fingerprint density at radius 3 is 2.24 bits per heavy atom. The van der Waals surface area contributed by atoms with Gasteiger partial charge in [-0.05, 0) is 13.2 Å². The highest BCUT2D eigenvalue weighted by Gasteiger charge is 2.47. The number of aliphatic hydroxyl groups excluding tert-OH is 4. The van der Waals surface area contributed by atoms with E-state index in [0.29, 0.717) is 0 Å². The predicted octanol–water partition coefficient (Wildman–Crippen LogP) is -1.17. The molecule has 1 heterocycles. The van der Waals surface area contributed by atoms with Crippen molar-refractivity contribution in [2.45, 2.75) is 53.8 Å². The van der Waals surface area contributed by atoms with Crippen LogP contribution in [0.3, 0.4) is 0 Å². The van der Waals surface area contributed by atoms with Crippen molar-refractivity contribution in [3.8, 4) is 0 Å². The number of carbonyl (C=O) groups excluding carboxylic acids is 1. The van der Waals surface area contributed by atoms with Crippen molar-refractivity contribution >= 4 is 40.9 Å². The lowest BCUT2D eigenvalue weighted by Gasteiger charge is -2.43. The number of thioether (sulfide) groups is 1. The molecule has 10 heteroatoms. The van der Waals surface area contributed by atoms with Gasteiger partial charge < -0.3 is 30.5 Å². The highest BCUT2D eigenvalue weighted by Crippen LogP contribution is 2.29. The second kappa shape index (κ2) is 8.16. The second-order valence-electron chi connectivity index (χ2n) is 4.75. The minimum Gasteiger partial charge on any atom is -0.391 e. The molecule has 1 fully saturated rings. The summed E-state index contributed by atoms with van der Waals surface area (Å²) < 4.78 is 5.48. The van der Waals surface area contributed by atoms with Crippen LogP contribution in [0.25, 0.3) is 0 Å². The first-order valence-corrected chi connectivity index (χ1v) is 8.35. The maximum absolute atomic E-state index is 11.6. The van der Waals surface area contributed by atoms with Gasteiger partial charge in [0, 0.05) is 0 Å². The fourth-order valence-electron chi connectivity index (χ4n) is 2.07. The highest BCUT2D eigenvalue weighted by atomic mass is 35.5. The molecule has 1 aliphatic heterocycles. The molecule has 0 radical (unpaired) electrons. The Morgan fingerprint density at radius 1 is 1.24 bits per heavy atom. The van der Waals surface area contributed by atoms with E-state index in [1.807, 2.05) is 0 Å². The molecule has 7 atom stereocenters. The van der Waals surface area contributed by atoms with E-state index < -0.39 is 52.7 Å². The average molecular weight is 364 g/mol. The number of carbonyl (C=O) groups is 1. The number of aliphatic hydroxyl groups is 4. The summed E-state index contributed by atoms with van der Waals surface area (Å²) in [4.78, 5) is 10.2. The third-order valence-electron chi connectivity index (χ3n) is 3.22. The van der Waals surface area contributed by atoms with E-state index in [1.54, 1.807) is 6.26 Å². The molecule has 1 amide bonds. The highest BCUT2D eigenvalue weighted by molar-refractivity contribution is 7.99. The Kier molecular flexibility index (Phi) is 7.48. The van der Waals surface area contributed by atoms with E-state index in [4.69, 9.17) is 27.9 Å². The van der Waals surface area contributed by atoms with Gasteiger partial charge >= 0.3 is 0 Å². The van der Waals surface area contributed by atoms with E-state index in [1.165, 1.54) is 6.92 Å². The largest absolute Gasteiger partial charge is 0.391 e. The van der Waals surface area contributed by atoms with Crippen molar-refractivity contribution in [3.05, 3.63) is 0 Å². The third-order valence-corrected chi connectivity index (χ3v) is 4.47. The number of nitrogens with one attached hydrogen (secondary N) is 1. The summed E-state index contributed by atoms with van der Waals surface area (Å²) in [5, 5.41) is 41.8. The number of amides is 1. The summed E-state index contributed by atoms with van der Waals surface area (Å²) >= 11 is 12.0. The molecule has 0 aromatic heterocycles. The lowest BCUT2D eigenvalue weighted by molar-refractivity contribution is -0.210. The molecule has 21 heavy (non-hydrogen) atoms. The van der Waals surface area contributed by atoms with Crippen molar-refractivity contribution < 1.29 is 30.0 Å². The van der Waals surface area contributed by atoms with Crippen LogP contribution in [-0.4, -0.2) is 79.4 Å². The Balaban J connectivity index is 2.93. The van der Waals surface area contributed by atoms with Crippen molar-refractivity contribution in [3.63, 3.8) is 0 Å². The summed E-state index contributed by atoms with van der Waals surface area (Å²) in [6.07, 6.45) is -4.83. The van der Waals surface area contributed by atoms with Gasteiger partial charge in [0.05, 0.1) is 12.1 Å². The van der Waals surface area contributed by atoms with Crippen molar-refractivity contribution in [1.29, 1.82) is 0 Å². The molecule has 0 bridgehead atoms. The number of halogens is 2. The van der Waals surface area contributed by atoms with Crippen LogP contribution in [0.4, 0.5) is 0 Å². The lowest BCUT2D eigenvalue weighted by Crippen LogP contribution is -2.65. The van der Waals surface area contributed by atoms with Crippen LogP contribution in [0.5, 0.6) is 0 Å². The van der Waals surface area contributed by atoms with E-state index in [0.717, 1.165) is 11.8 Å². The van der Waals surface area contributed by atoms with Crippen LogP contribution in [0.2, 0.25) is 0 Å². The van der Waals surface area contributed by atoms with Crippen LogP contribution < -0.4 is 5.32 Å². The van der Waals surface area contributed by atoms with Gasteiger partial charge in [0.1, 0.15) is 29.9 Å². The van der Waals surface area contributed by atoms with E-state index >= 15 is 0 Å². The van der Waals surface area contributed by atoms with Gasteiger partial charge in [0.25, 0.3) is 5.91 Å². The molecule has 124 valence electrons. The first kappa shape index (κ1) is 19.2. The number of rotatable bonds is 5. The average Bonchev–Trinajstić information content (AvgIpc) is 2.42. The standard InChI is InChI=1S/C11H19Cl2NO6S/c1-3(15)4(14-10(19)9(12)13)8-6(17)5(16)7(18)11(20-8)21-2/h3-9,11,15-18H,1-2H3,(H,14,19)/t3-,4-,5+,6-,7-,8-,11?/m1/s1. The second-order valence-corrected chi connectivity index (χ2v) is 6.78. The molecule has 1 rings (SSSR count). The minimum absolute atomic E-state index is 0.763. The van der Waals surface area contributed by atoms with Crippen LogP contribution >= 0.6 is 35.0 Å². The van der Waals surface area contributed by atoms with Gasteiger partial charge in [-0.25, -0.2) is 0 Å². The smallest absolute Gasteiger partial charge is 0.253 e. The fraction of sp³-hybridized carbons (Fsp3) is 0.909. The molecular formula is C11H19Cl2NO6S. The Morgan fingerprint density at radius 2 is 1.81 bits per heavy atom. The molecule has 1 unspecified atom stereocenters. The molecule has 1 aliphatic rings. The van der Waals surface area contributed by atoms with Crippen LogP contribution in [-0.2, 0) is 9.53 Å². The van der Waals surface area contributed by atoms with E-state index in [9.17, 15) is 25.2 Å². The SMILES string of the molecule is CSC1O[C@H]([C@H](NC(=O)C(Cl)Cl)[C@@H](C)O)[C@H](O)[C@H](O)[C@H]1O. The molecule has 7 nitrogen and oxygen atoms in total. The summed E-state index contributed by atoms with van der Waals surface area (Å²) in [7, 11) is 0. The van der Waals surface area contributed by atoms with Crippen LogP contribution in [0.15, 0.2) is 0 Å². The number of ether oxygens (including phenoxy) is 1. The van der Waals surface area contributed by atoms with E-state index in [-0.39, 0.29) is 0 Å². The van der Waals surface area contributed by atoms with E-state index in [2.05, 4.69) is 5.32 Å². The molecular weight excluding hydrogens is 345 g/mol. The maximum atomic E-state index is 11.6. The minimum atomic E-state index is -1.49. The molecule has 0 aliphatic carbocycles. The lowest BCUT2D eigenvalue weighted by atomic mass is 9.92. The topological polar surface area (TPSA) is 119 Å². The summed E-state index contributed by atoms with van der Waals surface area (Å²) in [5.41, 5.74) is -0.811. The molecule has 0 aromatic carbocycles. The summed E-state index contributed by atoms with van der Waals surface area (Å²) in [6.45, 7) is 1.38. The van der Waals surface area contributed by atoms with Gasteiger partial charge in [0.15, 0.2) is 4.84 Å². The van der Waals surface area contributed by atoms with Crippen LogP contribution in [0.1, 0.15) is 6.92 Å². The molecule has 0 saturated carbocycles. The van der Waals surface area contributed by atoms with Gasteiger partial charge in [-0.1, -0.05) is 23.2 Å². The third kappa shape index (κ3) is 4.59. The Bertz CT molecular complexity index is 360. The fourth-order valence-corrected chi connectivity index (χ4v) is 2.88. The number of hydrogen-bond donors (Lipinski definition) is 5. The summed E-state index contributed by atoms with van der Waals surface area (Å²) in [6, 6.07) is -1.05. The van der Waals surface area contributed by atoms with Crippen molar-refractivity contribution in [1.82, 2.24) is 5.32 Å². The van der Waals surface area contributed by atoms with Gasteiger partial charge in [-0.2, -0.15) is 0 Å². The molecule has 1 saturated heterocycles. The first-order chi connectivity index (χ1) is 9.70. The normalized spacial score (nSPS) is 36.3. The molecule has 0 spiro atoms. The quantitative estimate of drug-likeness (QED) is 0.390.